The normalized spacial score (nSPS) is 14.4. The van der Waals surface area contributed by atoms with Crippen molar-refractivity contribution in [2.45, 2.75) is 45.1 Å². The summed E-state index contributed by atoms with van der Waals surface area (Å²) in [5.74, 6) is 0.987. The van der Waals surface area contributed by atoms with E-state index < -0.39 is 5.91 Å². The van der Waals surface area contributed by atoms with Gasteiger partial charge in [0.1, 0.15) is 11.5 Å². The maximum Gasteiger partial charge on any atom is 0.287 e. The fourth-order valence-electron chi connectivity index (χ4n) is 4.77. The second kappa shape index (κ2) is 9.40. The molecule has 1 aliphatic carbocycles. The Morgan fingerprint density at radius 1 is 1.17 bits per heavy atom. The summed E-state index contributed by atoms with van der Waals surface area (Å²) in [5.41, 5.74) is 4.33. The molecule has 0 unspecified atom stereocenters. The van der Waals surface area contributed by atoms with Crippen LogP contribution in [0.2, 0.25) is 0 Å². The average Bonchev–Trinajstić information content (AvgIpc) is 3.59. The minimum Gasteiger partial charge on any atom is -0.451 e. The van der Waals surface area contributed by atoms with Gasteiger partial charge in [0.05, 0.1) is 23.3 Å². The van der Waals surface area contributed by atoms with Gasteiger partial charge in [-0.1, -0.05) is 19.3 Å². The summed E-state index contributed by atoms with van der Waals surface area (Å²) in [7, 11) is 3.71. The molecule has 1 aromatic carbocycles. The Labute approximate surface area is 203 Å². The van der Waals surface area contributed by atoms with Crippen LogP contribution in [-0.4, -0.2) is 56.1 Å². The van der Waals surface area contributed by atoms with Crippen LogP contribution in [0, 0.1) is 6.92 Å². The third kappa shape index (κ3) is 4.71. The first-order valence-electron chi connectivity index (χ1n) is 12.0. The highest BCUT2D eigenvalue weighted by Gasteiger charge is 2.23. The summed E-state index contributed by atoms with van der Waals surface area (Å²) in [6.45, 7) is 1.90. The summed E-state index contributed by atoms with van der Waals surface area (Å²) < 4.78 is 7.61. The SMILES string of the molecule is Cc1cc(-c2nc3ccc(-c4ccc(C(=O)NCC(=O)N(C)C5CCCCC5)o4)cc3[nH]2)n(C)n1. The van der Waals surface area contributed by atoms with Gasteiger partial charge < -0.3 is 19.6 Å². The van der Waals surface area contributed by atoms with Crippen molar-refractivity contribution in [1.82, 2.24) is 30.0 Å². The number of hydrogen-bond acceptors (Lipinski definition) is 5. The number of imidazole rings is 1. The zero-order valence-corrected chi connectivity index (χ0v) is 20.3. The molecule has 35 heavy (non-hydrogen) atoms. The molecule has 0 saturated heterocycles. The van der Waals surface area contributed by atoms with Gasteiger partial charge in [-0.3, -0.25) is 14.3 Å². The lowest BCUT2D eigenvalue weighted by atomic mass is 9.94. The molecule has 3 heterocycles. The van der Waals surface area contributed by atoms with Crippen molar-refractivity contribution < 1.29 is 14.0 Å². The van der Waals surface area contributed by atoms with Crippen molar-refractivity contribution in [3.8, 4) is 22.8 Å². The largest absolute Gasteiger partial charge is 0.451 e. The average molecular weight is 475 g/mol. The second-order valence-corrected chi connectivity index (χ2v) is 9.25. The van der Waals surface area contributed by atoms with Crippen LogP contribution in [0.25, 0.3) is 33.9 Å². The number of hydrogen-bond donors (Lipinski definition) is 2. The molecule has 2 N–H and O–H groups in total. The number of likely N-dealkylation sites (N-methyl/N-ethyl adjacent to an activating group) is 1. The molecule has 9 heteroatoms. The highest BCUT2D eigenvalue weighted by atomic mass is 16.3. The van der Waals surface area contributed by atoms with E-state index in [1.807, 2.05) is 45.3 Å². The van der Waals surface area contributed by atoms with Crippen molar-refractivity contribution in [3.05, 3.63) is 47.9 Å². The lowest BCUT2D eigenvalue weighted by Crippen LogP contribution is -2.44. The number of carbonyl (C=O) groups excluding carboxylic acids is 2. The van der Waals surface area contributed by atoms with Crippen LogP contribution in [-0.2, 0) is 11.8 Å². The Balaban J connectivity index is 1.26. The lowest BCUT2D eigenvalue weighted by molar-refractivity contribution is -0.131. The number of furan rings is 1. The molecule has 0 aliphatic heterocycles. The van der Waals surface area contributed by atoms with Crippen molar-refractivity contribution in [1.29, 1.82) is 0 Å². The zero-order valence-electron chi connectivity index (χ0n) is 20.3. The number of aromatic amines is 1. The van der Waals surface area contributed by atoms with Crippen molar-refractivity contribution in [2.75, 3.05) is 13.6 Å². The molecule has 1 saturated carbocycles. The number of H-pyrrole nitrogens is 1. The predicted octanol–water partition coefficient (Wildman–Crippen LogP) is 4.05. The molecular weight excluding hydrogens is 444 g/mol. The molecule has 1 aliphatic rings. The van der Waals surface area contributed by atoms with Crippen molar-refractivity contribution >= 4 is 22.8 Å². The molecule has 0 bridgehead atoms. The summed E-state index contributed by atoms with van der Waals surface area (Å²) in [4.78, 5) is 34.9. The minimum absolute atomic E-state index is 0.0434. The number of fused-ring (bicyclic) bond motifs is 1. The number of aryl methyl sites for hydroxylation is 2. The fourth-order valence-corrected chi connectivity index (χ4v) is 4.77. The first-order chi connectivity index (χ1) is 16.9. The second-order valence-electron chi connectivity index (χ2n) is 9.25. The molecule has 0 atom stereocenters. The van der Waals surface area contributed by atoms with Crippen LogP contribution < -0.4 is 5.32 Å². The van der Waals surface area contributed by atoms with Crippen LogP contribution in [0.5, 0.6) is 0 Å². The minimum atomic E-state index is -0.405. The first kappa shape index (κ1) is 22.9. The van der Waals surface area contributed by atoms with Gasteiger partial charge in [0.15, 0.2) is 11.6 Å². The molecule has 5 rings (SSSR count). The van der Waals surface area contributed by atoms with Gasteiger partial charge in [0.25, 0.3) is 5.91 Å². The number of carbonyl (C=O) groups is 2. The molecule has 0 radical (unpaired) electrons. The first-order valence-corrected chi connectivity index (χ1v) is 12.0. The van der Waals surface area contributed by atoms with E-state index in [0.717, 1.165) is 59.5 Å². The van der Waals surface area contributed by atoms with Crippen LogP contribution >= 0.6 is 0 Å². The zero-order chi connectivity index (χ0) is 24.5. The van der Waals surface area contributed by atoms with E-state index >= 15 is 0 Å². The number of nitrogens with zero attached hydrogens (tertiary/aromatic N) is 4. The number of benzene rings is 1. The number of amides is 2. The molecule has 182 valence electrons. The molecule has 9 nitrogen and oxygen atoms in total. The van der Waals surface area contributed by atoms with Gasteiger partial charge in [-0.05, 0) is 56.2 Å². The number of nitrogens with one attached hydrogen (secondary N) is 2. The van der Waals surface area contributed by atoms with Gasteiger partial charge >= 0.3 is 0 Å². The molecule has 0 spiro atoms. The molecule has 1 fully saturated rings. The topological polar surface area (TPSA) is 109 Å². The van der Waals surface area contributed by atoms with Gasteiger partial charge in [-0.2, -0.15) is 5.10 Å². The van der Waals surface area contributed by atoms with E-state index in [0.29, 0.717) is 5.76 Å². The standard InChI is InChI=1S/C26H30N6O3/c1-16-13-21(32(3)30-16)25-28-19-10-9-17(14-20(19)29-25)22-11-12-23(35-22)26(34)27-15-24(33)31(2)18-7-5-4-6-8-18/h9-14,18H,4-8,15H2,1-3H3,(H,27,34)(H,28,29). The molecule has 4 aromatic rings. The monoisotopic (exact) mass is 474 g/mol. The molecule has 3 aromatic heterocycles. The van der Waals surface area contributed by atoms with Gasteiger partial charge in [0, 0.05) is 25.7 Å². The van der Waals surface area contributed by atoms with Gasteiger partial charge in [-0.15, -0.1) is 0 Å². The van der Waals surface area contributed by atoms with Crippen molar-refractivity contribution in [2.24, 2.45) is 7.05 Å². The van der Waals surface area contributed by atoms with Crippen LogP contribution in [0.1, 0.15) is 48.4 Å². The lowest BCUT2D eigenvalue weighted by Gasteiger charge is -2.31. The maximum atomic E-state index is 12.6. The summed E-state index contributed by atoms with van der Waals surface area (Å²) >= 11 is 0. The van der Waals surface area contributed by atoms with Crippen LogP contribution in [0.4, 0.5) is 0 Å². The highest BCUT2D eigenvalue weighted by molar-refractivity contribution is 5.95. The summed E-state index contributed by atoms with van der Waals surface area (Å²) in [5, 5.41) is 7.07. The molecule has 2 amide bonds. The van der Waals surface area contributed by atoms with Gasteiger partial charge in [0.2, 0.25) is 5.91 Å². The molecular formula is C26H30N6O3. The van der Waals surface area contributed by atoms with E-state index in [1.54, 1.807) is 21.7 Å². The number of rotatable bonds is 6. The smallest absolute Gasteiger partial charge is 0.287 e. The quantitative estimate of drug-likeness (QED) is 0.438. The summed E-state index contributed by atoms with van der Waals surface area (Å²) in [6.07, 6.45) is 5.59. The summed E-state index contributed by atoms with van der Waals surface area (Å²) in [6, 6.07) is 11.4. The Bertz CT molecular complexity index is 1370. The van der Waals surface area contributed by atoms with E-state index in [4.69, 9.17) is 4.42 Å². The van der Waals surface area contributed by atoms with Crippen LogP contribution in [0.15, 0.2) is 40.8 Å². The Kier molecular flexibility index (Phi) is 6.15. The van der Waals surface area contributed by atoms with E-state index in [-0.39, 0.29) is 24.3 Å². The van der Waals surface area contributed by atoms with Gasteiger partial charge in [-0.25, -0.2) is 4.98 Å². The predicted molar refractivity (Wildman–Crippen MR) is 133 cm³/mol. The third-order valence-corrected chi connectivity index (χ3v) is 6.76. The fraction of sp³-hybridized carbons (Fsp3) is 0.385. The van der Waals surface area contributed by atoms with E-state index in [2.05, 4.69) is 20.4 Å². The van der Waals surface area contributed by atoms with Crippen LogP contribution in [0.3, 0.4) is 0 Å². The van der Waals surface area contributed by atoms with Crippen molar-refractivity contribution in [3.63, 3.8) is 0 Å². The Morgan fingerprint density at radius 2 is 1.97 bits per heavy atom. The number of aromatic nitrogens is 4. The van der Waals surface area contributed by atoms with E-state index in [9.17, 15) is 9.59 Å². The third-order valence-electron chi connectivity index (χ3n) is 6.76. The highest BCUT2D eigenvalue weighted by Crippen LogP contribution is 2.28. The van der Waals surface area contributed by atoms with E-state index in [1.165, 1.54) is 6.42 Å². The Hall–Kier alpha value is -3.88. The Morgan fingerprint density at radius 3 is 2.71 bits per heavy atom. The maximum absolute atomic E-state index is 12.6.